The van der Waals surface area contributed by atoms with Crippen LogP contribution >= 0.6 is 0 Å². The lowest BCUT2D eigenvalue weighted by molar-refractivity contribution is -0.118. The van der Waals surface area contributed by atoms with Gasteiger partial charge in [0, 0.05) is 25.8 Å². The number of hydrogen-bond acceptors (Lipinski definition) is 8. The minimum absolute atomic E-state index is 0.0193. The molecule has 0 aromatic carbocycles. The van der Waals surface area contributed by atoms with Gasteiger partial charge in [-0.2, -0.15) is 0 Å². The molecule has 0 saturated carbocycles. The van der Waals surface area contributed by atoms with Gasteiger partial charge in [-0.1, -0.05) is 13.8 Å². The molecule has 2 rings (SSSR count). The fourth-order valence-corrected chi connectivity index (χ4v) is 2.53. The normalized spacial score (nSPS) is 18.4. The predicted molar refractivity (Wildman–Crippen MR) is 94.0 cm³/mol. The summed E-state index contributed by atoms with van der Waals surface area (Å²) in [4.78, 5) is 8.93. The Kier molecular flexibility index (Phi) is 8.83. The molecule has 148 valence electrons. The van der Waals surface area contributed by atoms with Gasteiger partial charge in [0.1, 0.15) is 11.9 Å². The molecule has 0 unspecified atom stereocenters. The highest BCUT2D eigenvalue weighted by atomic mass is 16.7. The number of aromatic nitrogens is 2. The molecule has 2 heterocycles. The zero-order valence-electron chi connectivity index (χ0n) is 16.1. The van der Waals surface area contributed by atoms with Crippen LogP contribution < -0.4 is 0 Å². The van der Waals surface area contributed by atoms with Gasteiger partial charge in [0.2, 0.25) is 6.29 Å². The molecule has 1 aliphatic heterocycles. The fourth-order valence-electron chi connectivity index (χ4n) is 2.53. The van der Waals surface area contributed by atoms with E-state index in [-0.39, 0.29) is 11.5 Å². The first kappa shape index (κ1) is 21.1. The number of nitrogens with zero attached hydrogens (tertiary/aromatic N) is 2. The van der Waals surface area contributed by atoms with Crippen molar-refractivity contribution in [1.82, 2.24) is 9.97 Å². The van der Waals surface area contributed by atoms with Gasteiger partial charge < -0.3 is 28.4 Å². The van der Waals surface area contributed by atoms with Crippen molar-refractivity contribution in [3.05, 3.63) is 23.8 Å². The molecule has 0 radical (unpaired) electrons. The van der Waals surface area contributed by atoms with E-state index in [1.165, 1.54) is 0 Å². The van der Waals surface area contributed by atoms with Gasteiger partial charge in [-0.05, 0) is 6.07 Å². The average Bonchev–Trinajstić information content (AvgIpc) is 2.67. The third-order valence-electron chi connectivity index (χ3n) is 3.98. The molecule has 0 N–H and O–H groups in total. The molecule has 1 aromatic heterocycles. The highest BCUT2D eigenvalue weighted by Crippen LogP contribution is 2.22. The molecular formula is C18H30N2O6. The number of ether oxygens (including phenoxy) is 6. The highest BCUT2D eigenvalue weighted by molar-refractivity contribution is 5.10. The first-order valence-electron chi connectivity index (χ1n) is 8.80. The van der Waals surface area contributed by atoms with Gasteiger partial charge in [-0.3, -0.25) is 0 Å². The quantitative estimate of drug-likeness (QED) is 0.428. The van der Waals surface area contributed by atoms with Crippen LogP contribution in [0.3, 0.4) is 0 Å². The second-order valence-corrected chi connectivity index (χ2v) is 6.69. The van der Waals surface area contributed by atoms with E-state index in [4.69, 9.17) is 28.4 Å². The summed E-state index contributed by atoms with van der Waals surface area (Å²) in [5.41, 5.74) is 0.341. The summed E-state index contributed by atoms with van der Waals surface area (Å²) in [6.07, 6.45) is 1.22. The molecular weight excluding hydrogens is 340 g/mol. The van der Waals surface area contributed by atoms with Crippen LogP contribution in [0, 0.1) is 0 Å². The molecule has 0 amide bonds. The molecule has 8 nitrogen and oxygen atoms in total. The largest absolute Gasteiger partial charge is 0.378 e. The summed E-state index contributed by atoms with van der Waals surface area (Å²) >= 11 is 0. The van der Waals surface area contributed by atoms with E-state index in [0.29, 0.717) is 57.8 Å². The first-order chi connectivity index (χ1) is 12.6. The third kappa shape index (κ3) is 6.53. The Bertz CT molecular complexity index is 518. The van der Waals surface area contributed by atoms with E-state index in [2.05, 4.69) is 9.97 Å². The number of methoxy groups -OCH3 is 2. The van der Waals surface area contributed by atoms with Gasteiger partial charge in [0.15, 0.2) is 0 Å². The summed E-state index contributed by atoms with van der Waals surface area (Å²) < 4.78 is 32.7. The van der Waals surface area contributed by atoms with Crippen LogP contribution in [0.2, 0.25) is 0 Å². The lowest BCUT2D eigenvalue weighted by Crippen LogP contribution is -2.33. The Morgan fingerprint density at radius 3 is 2.65 bits per heavy atom. The average molecular weight is 370 g/mol. The first-order valence-corrected chi connectivity index (χ1v) is 8.80. The molecule has 0 bridgehead atoms. The Hall–Kier alpha value is -1.16. The van der Waals surface area contributed by atoms with Crippen LogP contribution in [0.15, 0.2) is 12.3 Å². The van der Waals surface area contributed by atoms with Gasteiger partial charge >= 0.3 is 0 Å². The molecule has 26 heavy (non-hydrogen) atoms. The molecule has 1 aliphatic rings. The summed E-state index contributed by atoms with van der Waals surface area (Å²) in [6, 6.07) is 1.78. The van der Waals surface area contributed by atoms with Crippen LogP contribution in [0.1, 0.15) is 31.7 Å². The van der Waals surface area contributed by atoms with Gasteiger partial charge in [0.25, 0.3) is 0 Å². The van der Waals surface area contributed by atoms with Crippen LogP contribution in [0.4, 0.5) is 0 Å². The fraction of sp³-hybridized carbons (Fsp3) is 0.778. The van der Waals surface area contributed by atoms with Gasteiger partial charge in [-0.25, -0.2) is 9.97 Å². The molecule has 1 saturated heterocycles. The molecule has 8 heteroatoms. The second kappa shape index (κ2) is 10.9. The van der Waals surface area contributed by atoms with Crippen molar-refractivity contribution in [1.29, 1.82) is 0 Å². The van der Waals surface area contributed by atoms with Crippen LogP contribution in [0.25, 0.3) is 0 Å². The van der Waals surface area contributed by atoms with Crippen LogP contribution in [-0.4, -0.2) is 76.5 Å². The Labute approximate surface area is 155 Å². The molecule has 1 aromatic rings. The smallest absolute Gasteiger partial charge is 0.200 e. The monoisotopic (exact) mass is 370 g/mol. The van der Waals surface area contributed by atoms with Crippen molar-refractivity contribution in [2.75, 3.05) is 60.5 Å². The number of rotatable bonds is 11. The predicted octanol–water partition coefficient (Wildman–Crippen LogP) is 1.49. The molecule has 0 aliphatic carbocycles. The molecule has 1 atom stereocenters. The number of hydrogen-bond donors (Lipinski definition) is 0. The van der Waals surface area contributed by atoms with Crippen LogP contribution in [0.5, 0.6) is 0 Å². The summed E-state index contributed by atoms with van der Waals surface area (Å²) in [5, 5.41) is 0. The third-order valence-corrected chi connectivity index (χ3v) is 3.98. The summed E-state index contributed by atoms with van der Waals surface area (Å²) in [7, 11) is 3.16. The van der Waals surface area contributed by atoms with Crippen molar-refractivity contribution >= 4 is 0 Å². The van der Waals surface area contributed by atoms with Crippen molar-refractivity contribution in [2.24, 2.45) is 0 Å². The minimum atomic E-state index is -0.507. The van der Waals surface area contributed by atoms with E-state index in [1.807, 2.05) is 13.8 Å². The second-order valence-electron chi connectivity index (χ2n) is 6.69. The maximum absolute atomic E-state index is 5.76. The molecule has 1 fully saturated rings. The Morgan fingerprint density at radius 2 is 1.96 bits per heavy atom. The van der Waals surface area contributed by atoms with E-state index >= 15 is 0 Å². The van der Waals surface area contributed by atoms with Gasteiger partial charge in [-0.15, -0.1) is 0 Å². The van der Waals surface area contributed by atoms with E-state index in [0.717, 1.165) is 0 Å². The van der Waals surface area contributed by atoms with Crippen LogP contribution in [-0.2, 0) is 33.8 Å². The Balaban J connectivity index is 1.73. The van der Waals surface area contributed by atoms with Crippen molar-refractivity contribution in [3.8, 4) is 0 Å². The summed E-state index contributed by atoms with van der Waals surface area (Å²) in [5.74, 6) is 0.683. The summed E-state index contributed by atoms with van der Waals surface area (Å²) in [6.45, 7) is 7.95. The van der Waals surface area contributed by atoms with Crippen molar-refractivity contribution in [2.45, 2.75) is 31.7 Å². The topological polar surface area (TPSA) is 81.2 Å². The van der Waals surface area contributed by atoms with E-state index in [1.54, 1.807) is 26.5 Å². The van der Waals surface area contributed by atoms with E-state index < -0.39 is 6.29 Å². The zero-order chi connectivity index (χ0) is 18.8. The lowest BCUT2D eigenvalue weighted by atomic mass is 9.93. The maximum Gasteiger partial charge on any atom is 0.200 e. The Morgan fingerprint density at radius 1 is 1.19 bits per heavy atom. The van der Waals surface area contributed by atoms with Crippen molar-refractivity contribution in [3.63, 3.8) is 0 Å². The van der Waals surface area contributed by atoms with Crippen molar-refractivity contribution < 1.29 is 28.4 Å². The SMILES string of the molecule is COC(OC)c1ccnc(C(C)(C)COCCOC[C@H]2COCCO2)n1. The minimum Gasteiger partial charge on any atom is -0.378 e. The van der Waals surface area contributed by atoms with E-state index in [9.17, 15) is 0 Å². The maximum atomic E-state index is 5.76. The standard InChI is InChI=1S/C18H30N2O6/c1-18(2,17-19-6-5-15(20-17)16(21-3)22-4)13-25-8-7-23-11-14-12-24-9-10-26-14/h5-6,14,16H,7-13H2,1-4H3/t14-/m0/s1. The van der Waals surface area contributed by atoms with Gasteiger partial charge in [0.05, 0.1) is 51.9 Å². The highest BCUT2D eigenvalue weighted by Gasteiger charge is 2.26. The molecule has 0 spiro atoms. The lowest BCUT2D eigenvalue weighted by Gasteiger charge is -2.24. The zero-order valence-corrected chi connectivity index (χ0v) is 16.1.